The lowest BCUT2D eigenvalue weighted by Gasteiger charge is -2.28. The van der Waals surface area contributed by atoms with E-state index in [0.717, 1.165) is 6.16 Å². The van der Waals surface area contributed by atoms with Crippen LogP contribution in [-0.4, -0.2) is 0 Å². The van der Waals surface area contributed by atoms with Crippen molar-refractivity contribution in [3.05, 3.63) is 175 Å². The maximum absolute atomic E-state index is 2.49. The molecule has 0 bridgehead atoms. The summed E-state index contributed by atoms with van der Waals surface area (Å²) in [6.45, 7) is 0. The van der Waals surface area contributed by atoms with Gasteiger partial charge in [0.15, 0.2) is 0 Å². The highest BCUT2D eigenvalue weighted by molar-refractivity contribution is 7.95. The van der Waals surface area contributed by atoms with Crippen molar-refractivity contribution in [3.8, 4) is 11.1 Å². The first-order chi connectivity index (χ1) is 19.8. The largest absolute Gasteiger partial charge is 1.00 e. The summed E-state index contributed by atoms with van der Waals surface area (Å²) in [5.74, 6) is 0. The number of fused-ring (bicyclic) bond motifs is 3. The molecule has 7 rings (SSSR count). The molecule has 41 heavy (non-hydrogen) atoms. The molecular weight excluding hydrogens is 579 g/mol. The Bertz CT molecular complexity index is 1800. The zero-order valence-corrected chi connectivity index (χ0v) is 25.2. The minimum Gasteiger partial charge on any atom is -1.00 e. The van der Waals surface area contributed by atoms with E-state index in [9.17, 15) is 0 Å². The van der Waals surface area contributed by atoms with Gasteiger partial charge in [-0.1, -0.05) is 127 Å². The van der Waals surface area contributed by atoms with Crippen molar-refractivity contribution < 1.29 is 17.0 Å². The molecule has 0 amide bonds. The summed E-state index contributed by atoms with van der Waals surface area (Å²) in [5.41, 5.74) is 3.94. The number of hydrogen-bond acceptors (Lipinski definition) is 0. The Morgan fingerprint density at radius 1 is 0.366 bits per heavy atom. The summed E-state index contributed by atoms with van der Waals surface area (Å²) in [7, 11) is -2.04. The van der Waals surface area contributed by atoms with Gasteiger partial charge in [-0.2, -0.15) is 0 Å². The van der Waals surface area contributed by atoms with Crippen LogP contribution >= 0.6 is 7.26 Å². The Labute approximate surface area is 253 Å². The van der Waals surface area contributed by atoms with Crippen LogP contribution in [0.2, 0.25) is 0 Å². The quantitative estimate of drug-likeness (QED) is 0.157. The highest BCUT2D eigenvalue weighted by Crippen LogP contribution is 2.59. The smallest absolute Gasteiger partial charge is 0.116 e. The van der Waals surface area contributed by atoms with Crippen molar-refractivity contribution in [2.75, 3.05) is 0 Å². The zero-order chi connectivity index (χ0) is 26.8. The van der Waals surface area contributed by atoms with Crippen molar-refractivity contribution >= 4 is 44.7 Å². The first kappa shape index (κ1) is 27.2. The van der Waals surface area contributed by atoms with Gasteiger partial charge in [0.25, 0.3) is 0 Å². The van der Waals surface area contributed by atoms with E-state index in [1.165, 1.54) is 54.1 Å². The van der Waals surface area contributed by atoms with Crippen molar-refractivity contribution in [2.45, 2.75) is 6.16 Å². The molecule has 2 heteroatoms. The molecule has 0 radical (unpaired) electrons. The second kappa shape index (κ2) is 11.8. The molecule has 0 unspecified atom stereocenters. The topological polar surface area (TPSA) is 0 Å². The molecule has 0 heterocycles. The van der Waals surface area contributed by atoms with Crippen LogP contribution in [-0.2, 0) is 6.16 Å². The van der Waals surface area contributed by atoms with Crippen LogP contribution in [0, 0.1) is 0 Å². The van der Waals surface area contributed by atoms with Crippen LogP contribution in [0.15, 0.2) is 170 Å². The molecule has 0 aromatic heterocycles. The standard InChI is InChI=1S/C39H30P.BrH/c1-5-16-30(17-6-1)35-26-15-27-38-37-25-14-13-24-36(37)31(28-39(35)38)29-40(32-18-7-2-8-19-32,33-20-9-3-10-21-33)34-22-11-4-12-23-34;/h1-28H,29H2;1H/q+1;/p-1. The SMILES string of the molecule is [Br-].c1ccc(-c2cccc3c2cc(C[P+](c2ccccc2)(c2ccccc2)c2ccccc2)c2ccccc23)cc1. The molecule has 7 aromatic carbocycles. The van der Waals surface area contributed by atoms with E-state index in [0.29, 0.717) is 0 Å². The van der Waals surface area contributed by atoms with Gasteiger partial charge in [-0.25, -0.2) is 0 Å². The Balaban J connectivity index is 0.00000302. The summed E-state index contributed by atoms with van der Waals surface area (Å²) < 4.78 is 0. The molecule has 0 fully saturated rings. The summed E-state index contributed by atoms with van der Waals surface area (Å²) in [6, 6.07) is 62.6. The number of halogens is 1. The molecule has 0 N–H and O–H groups in total. The van der Waals surface area contributed by atoms with Crippen LogP contribution in [0.1, 0.15) is 5.56 Å². The Hall–Kier alpha value is -4.03. The van der Waals surface area contributed by atoms with Crippen molar-refractivity contribution in [1.29, 1.82) is 0 Å². The fourth-order valence-corrected chi connectivity index (χ4v) is 10.5. The van der Waals surface area contributed by atoms with E-state index < -0.39 is 7.26 Å². The van der Waals surface area contributed by atoms with Crippen molar-refractivity contribution in [1.82, 2.24) is 0 Å². The van der Waals surface area contributed by atoms with Gasteiger partial charge in [0.1, 0.15) is 23.2 Å². The predicted molar refractivity (Wildman–Crippen MR) is 176 cm³/mol. The Morgan fingerprint density at radius 3 is 1.32 bits per heavy atom. The van der Waals surface area contributed by atoms with E-state index in [1.54, 1.807) is 0 Å². The van der Waals surface area contributed by atoms with Gasteiger partial charge in [-0.15, -0.1) is 0 Å². The first-order valence-electron chi connectivity index (χ1n) is 13.9. The summed E-state index contributed by atoms with van der Waals surface area (Å²) in [5, 5.41) is 9.51. The lowest BCUT2D eigenvalue weighted by Crippen LogP contribution is -3.00. The van der Waals surface area contributed by atoms with Crippen molar-refractivity contribution in [3.63, 3.8) is 0 Å². The minimum atomic E-state index is -2.04. The Kier molecular flexibility index (Phi) is 7.84. The highest BCUT2D eigenvalue weighted by Gasteiger charge is 2.45. The molecule has 0 saturated carbocycles. The number of hydrogen-bond donors (Lipinski definition) is 0. The first-order valence-corrected chi connectivity index (χ1v) is 15.9. The molecule has 0 aliphatic heterocycles. The zero-order valence-electron chi connectivity index (χ0n) is 22.7. The van der Waals surface area contributed by atoms with E-state index in [-0.39, 0.29) is 17.0 Å². The monoisotopic (exact) mass is 608 g/mol. The van der Waals surface area contributed by atoms with Crippen LogP contribution < -0.4 is 32.9 Å². The highest BCUT2D eigenvalue weighted by atomic mass is 79.9. The minimum absolute atomic E-state index is 0. The molecule has 0 aliphatic carbocycles. The maximum atomic E-state index is 2.49. The molecular formula is C39H30BrP. The van der Waals surface area contributed by atoms with Gasteiger partial charge in [0, 0.05) is 0 Å². The average molecular weight is 610 g/mol. The third-order valence-corrected chi connectivity index (χ3v) is 12.4. The third-order valence-electron chi connectivity index (χ3n) is 8.07. The van der Waals surface area contributed by atoms with Gasteiger partial charge in [-0.3, -0.25) is 0 Å². The second-order valence-corrected chi connectivity index (χ2v) is 13.8. The van der Waals surface area contributed by atoms with Crippen LogP contribution in [0.5, 0.6) is 0 Å². The molecule has 198 valence electrons. The molecule has 0 spiro atoms. The predicted octanol–water partition coefficient (Wildman–Crippen LogP) is 6.16. The molecule has 0 nitrogen and oxygen atoms in total. The van der Waals surface area contributed by atoms with Gasteiger partial charge in [0.05, 0.1) is 6.16 Å². The molecule has 0 aliphatic rings. The third kappa shape index (κ3) is 4.91. The van der Waals surface area contributed by atoms with Crippen LogP contribution in [0.3, 0.4) is 0 Å². The maximum Gasteiger partial charge on any atom is 0.116 e. The summed E-state index contributed by atoms with van der Waals surface area (Å²) in [6.07, 6.45) is 0.949. The van der Waals surface area contributed by atoms with E-state index in [1.807, 2.05) is 0 Å². The van der Waals surface area contributed by atoms with Gasteiger partial charge >= 0.3 is 0 Å². The lowest BCUT2D eigenvalue weighted by atomic mass is 9.92. The number of benzene rings is 7. The molecule has 7 aromatic rings. The average Bonchev–Trinajstić information content (AvgIpc) is 3.05. The fourth-order valence-electron chi connectivity index (χ4n) is 6.23. The molecule has 0 atom stereocenters. The van der Waals surface area contributed by atoms with E-state index in [4.69, 9.17) is 0 Å². The van der Waals surface area contributed by atoms with E-state index >= 15 is 0 Å². The van der Waals surface area contributed by atoms with Gasteiger partial charge in [-0.05, 0) is 80.7 Å². The van der Waals surface area contributed by atoms with Crippen LogP contribution in [0.25, 0.3) is 32.7 Å². The summed E-state index contributed by atoms with van der Waals surface area (Å²) >= 11 is 0. The normalized spacial score (nSPS) is 11.3. The van der Waals surface area contributed by atoms with Crippen molar-refractivity contribution in [2.24, 2.45) is 0 Å². The lowest BCUT2D eigenvalue weighted by molar-refractivity contribution is -0.00000751. The fraction of sp³-hybridized carbons (Fsp3) is 0.0256. The second-order valence-electron chi connectivity index (χ2n) is 10.3. The summed E-state index contributed by atoms with van der Waals surface area (Å²) in [4.78, 5) is 0. The van der Waals surface area contributed by atoms with Crippen LogP contribution in [0.4, 0.5) is 0 Å². The number of rotatable bonds is 6. The van der Waals surface area contributed by atoms with Gasteiger partial charge < -0.3 is 17.0 Å². The van der Waals surface area contributed by atoms with Gasteiger partial charge in [0.2, 0.25) is 0 Å². The van der Waals surface area contributed by atoms with E-state index in [2.05, 4.69) is 170 Å². The molecule has 0 saturated heterocycles. The Morgan fingerprint density at radius 2 is 0.780 bits per heavy atom.